The van der Waals surface area contributed by atoms with Crippen molar-refractivity contribution in [3.63, 3.8) is 0 Å². The van der Waals surface area contributed by atoms with Crippen LogP contribution in [0.2, 0.25) is 0 Å². The van der Waals surface area contributed by atoms with Gasteiger partial charge in [-0.2, -0.15) is 0 Å². The molecule has 0 spiro atoms. The maximum atomic E-state index is 12.1. The van der Waals surface area contributed by atoms with Crippen molar-refractivity contribution in [3.05, 3.63) is 60.2 Å². The third kappa shape index (κ3) is 4.92. The third-order valence-electron chi connectivity index (χ3n) is 4.37. The van der Waals surface area contributed by atoms with Crippen molar-refractivity contribution in [2.45, 2.75) is 38.9 Å². The average Bonchev–Trinajstić information content (AvgIpc) is 2.55. The second-order valence-electron chi connectivity index (χ2n) is 6.98. The van der Waals surface area contributed by atoms with Crippen LogP contribution in [0.1, 0.15) is 38.1 Å². The largest absolute Gasteiger partial charge is 0.491 e. The normalized spacial score (nSPS) is 11.9. The number of rotatable bonds is 6. The summed E-state index contributed by atoms with van der Waals surface area (Å²) >= 11 is 0. The molecule has 0 heterocycles. The first-order chi connectivity index (χ1) is 11.6. The fourth-order valence-corrected chi connectivity index (χ4v) is 2.02. The van der Waals surface area contributed by atoms with E-state index in [9.17, 15) is 14.9 Å². The molecule has 0 fully saturated rings. The summed E-state index contributed by atoms with van der Waals surface area (Å²) in [4.78, 5) is 12.1. The van der Waals surface area contributed by atoms with Crippen LogP contribution in [-0.4, -0.2) is 34.4 Å². The summed E-state index contributed by atoms with van der Waals surface area (Å²) in [6.07, 6.45) is 0. The minimum atomic E-state index is -1.18. The molecule has 0 aromatic heterocycles. The molecule has 0 aliphatic carbocycles. The predicted octanol–water partition coefficient (Wildman–Crippen LogP) is 2.19. The van der Waals surface area contributed by atoms with Crippen molar-refractivity contribution in [1.29, 1.82) is 0 Å². The minimum absolute atomic E-state index is 0.201. The van der Waals surface area contributed by atoms with Gasteiger partial charge in [-0.1, -0.05) is 30.3 Å². The van der Waals surface area contributed by atoms with Gasteiger partial charge in [0.15, 0.2) is 0 Å². The van der Waals surface area contributed by atoms with E-state index in [1.165, 1.54) is 0 Å². The molecule has 3 N–H and O–H groups in total. The van der Waals surface area contributed by atoms with Gasteiger partial charge in [-0.3, -0.25) is 4.79 Å². The van der Waals surface area contributed by atoms with Gasteiger partial charge in [0, 0.05) is 11.3 Å². The van der Waals surface area contributed by atoms with Crippen LogP contribution in [0.4, 0.5) is 5.69 Å². The Bertz CT molecular complexity index is 708. The molecule has 0 radical (unpaired) electrons. The Morgan fingerprint density at radius 1 is 1.00 bits per heavy atom. The number of benzene rings is 2. The van der Waals surface area contributed by atoms with Gasteiger partial charge in [0.2, 0.25) is 0 Å². The Hall–Kier alpha value is -2.15. The molecule has 25 heavy (non-hydrogen) atoms. The van der Waals surface area contributed by atoms with Gasteiger partial charge in [0.05, 0.1) is 11.2 Å². The van der Waals surface area contributed by atoms with Gasteiger partial charge >= 0.3 is 7.12 Å². The summed E-state index contributed by atoms with van der Waals surface area (Å²) in [5.41, 5.74) is -0.326. The van der Waals surface area contributed by atoms with E-state index in [0.29, 0.717) is 16.7 Å². The van der Waals surface area contributed by atoms with Crippen LogP contribution in [0.5, 0.6) is 0 Å². The summed E-state index contributed by atoms with van der Waals surface area (Å²) in [7, 11) is -1.18. The van der Waals surface area contributed by atoms with Crippen molar-refractivity contribution in [3.8, 4) is 0 Å². The summed E-state index contributed by atoms with van der Waals surface area (Å²) in [5, 5.41) is 23.2. The Labute approximate surface area is 148 Å². The molecule has 0 aliphatic heterocycles. The molecule has 5 nitrogen and oxygen atoms in total. The van der Waals surface area contributed by atoms with E-state index in [1.54, 1.807) is 76.2 Å². The highest BCUT2D eigenvalue weighted by atomic mass is 16.5. The van der Waals surface area contributed by atoms with E-state index in [0.717, 1.165) is 0 Å². The van der Waals surface area contributed by atoms with Gasteiger partial charge in [0.1, 0.15) is 0 Å². The van der Waals surface area contributed by atoms with Gasteiger partial charge in [-0.15, -0.1) is 0 Å². The maximum Gasteiger partial charge on any atom is 0.491 e. The quantitative estimate of drug-likeness (QED) is 0.704. The number of amides is 1. The molecule has 0 saturated carbocycles. The van der Waals surface area contributed by atoms with E-state index < -0.39 is 18.3 Å². The second-order valence-corrected chi connectivity index (χ2v) is 6.98. The molecule has 0 unspecified atom stereocenters. The first kappa shape index (κ1) is 19.2. The Balaban J connectivity index is 2.03. The van der Waals surface area contributed by atoms with E-state index >= 15 is 0 Å². The molecular weight excluding hydrogens is 317 g/mol. The summed E-state index contributed by atoms with van der Waals surface area (Å²) in [6, 6.07) is 15.7. The monoisotopic (exact) mass is 341 g/mol. The lowest BCUT2D eigenvalue weighted by Gasteiger charge is -2.38. The SMILES string of the molecule is CC(C)(O)C(C)(C)OB(O)c1ccc(NC(=O)c2ccccc2)cc1. The summed E-state index contributed by atoms with van der Waals surface area (Å²) < 4.78 is 5.60. The van der Waals surface area contributed by atoms with E-state index in [4.69, 9.17) is 4.65 Å². The number of nitrogens with one attached hydrogen (secondary N) is 1. The number of anilines is 1. The van der Waals surface area contributed by atoms with E-state index in [2.05, 4.69) is 5.32 Å². The molecule has 1 amide bonds. The molecule has 6 heteroatoms. The third-order valence-corrected chi connectivity index (χ3v) is 4.37. The molecule has 132 valence electrons. The number of aliphatic hydroxyl groups is 1. The van der Waals surface area contributed by atoms with Crippen molar-refractivity contribution < 1.29 is 19.6 Å². The highest BCUT2D eigenvalue weighted by Gasteiger charge is 2.39. The van der Waals surface area contributed by atoms with E-state index in [-0.39, 0.29) is 5.91 Å². The Morgan fingerprint density at radius 2 is 1.56 bits per heavy atom. The first-order valence-corrected chi connectivity index (χ1v) is 8.15. The highest BCUT2D eigenvalue weighted by Crippen LogP contribution is 2.25. The number of hydrogen-bond donors (Lipinski definition) is 3. The lowest BCUT2D eigenvalue weighted by atomic mass is 9.76. The average molecular weight is 341 g/mol. The lowest BCUT2D eigenvalue weighted by Crippen LogP contribution is -2.53. The standard InChI is InChI=1S/C19H24BNO4/c1-18(2,23)19(3,4)25-20(24)15-10-12-16(13-11-15)21-17(22)14-8-6-5-7-9-14/h5-13,23-24H,1-4H3,(H,21,22). The van der Waals surface area contributed by atoms with Crippen molar-refractivity contribution in [2.24, 2.45) is 0 Å². The van der Waals surface area contributed by atoms with Gasteiger partial charge in [-0.05, 0) is 57.4 Å². The van der Waals surface area contributed by atoms with Crippen LogP contribution in [0, 0.1) is 0 Å². The second kappa shape index (κ2) is 7.39. The molecule has 0 saturated heterocycles. The summed E-state index contributed by atoms with van der Waals surface area (Å²) in [6.45, 7) is 6.68. The zero-order chi connectivity index (χ0) is 18.7. The van der Waals surface area contributed by atoms with Gasteiger partial charge in [-0.25, -0.2) is 0 Å². The van der Waals surface area contributed by atoms with Crippen LogP contribution in [-0.2, 0) is 4.65 Å². The molecule has 0 aliphatic rings. The first-order valence-electron chi connectivity index (χ1n) is 8.15. The van der Waals surface area contributed by atoms with Crippen molar-refractivity contribution in [1.82, 2.24) is 0 Å². The van der Waals surface area contributed by atoms with Crippen LogP contribution in [0.3, 0.4) is 0 Å². The van der Waals surface area contributed by atoms with Gasteiger partial charge in [0.25, 0.3) is 5.91 Å². The topological polar surface area (TPSA) is 78.8 Å². The smallest absolute Gasteiger partial charge is 0.423 e. The molecule has 0 bridgehead atoms. The van der Waals surface area contributed by atoms with Crippen molar-refractivity contribution >= 4 is 24.2 Å². The predicted molar refractivity (Wildman–Crippen MR) is 99.9 cm³/mol. The molecule has 0 atom stereocenters. The highest BCUT2D eigenvalue weighted by molar-refractivity contribution is 6.60. The van der Waals surface area contributed by atoms with Crippen LogP contribution in [0.15, 0.2) is 54.6 Å². The number of carbonyl (C=O) groups is 1. The summed E-state index contributed by atoms with van der Waals surface area (Å²) in [5.74, 6) is -0.201. The van der Waals surface area contributed by atoms with Gasteiger partial charge < -0.3 is 20.1 Å². The Morgan fingerprint density at radius 3 is 2.08 bits per heavy atom. The molecular formula is C19H24BNO4. The zero-order valence-corrected chi connectivity index (χ0v) is 15.0. The maximum absolute atomic E-state index is 12.1. The number of hydrogen-bond acceptors (Lipinski definition) is 4. The molecule has 2 aromatic rings. The van der Waals surface area contributed by atoms with Crippen molar-refractivity contribution in [2.75, 3.05) is 5.32 Å². The van der Waals surface area contributed by atoms with E-state index in [1.807, 2.05) is 6.07 Å². The number of carbonyl (C=O) groups excluding carboxylic acids is 1. The van der Waals surface area contributed by atoms with Crippen LogP contribution < -0.4 is 10.8 Å². The minimum Gasteiger partial charge on any atom is -0.423 e. The fourth-order valence-electron chi connectivity index (χ4n) is 2.02. The zero-order valence-electron chi connectivity index (χ0n) is 15.0. The lowest BCUT2D eigenvalue weighted by molar-refractivity contribution is -0.0982. The Kier molecular flexibility index (Phi) is 5.67. The molecule has 2 rings (SSSR count). The fraction of sp³-hybridized carbons (Fsp3) is 0.316. The molecule has 2 aromatic carbocycles. The van der Waals surface area contributed by atoms with Crippen LogP contribution >= 0.6 is 0 Å². The van der Waals surface area contributed by atoms with Crippen LogP contribution in [0.25, 0.3) is 0 Å².